The average Bonchev–Trinajstić information content (AvgIpc) is 2.70. The normalized spacial score (nSPS) is 29.8. The van der Waals surface area contributed by atoms with Crippen molar-refractivity contribution in [2.45, 2.75) is 51.0 Å². The Balaban J connectivity index is 2.00. The van der Waals surface area contributed by atoms with Crippen molar-refractivity contribution in [3.8, 4) is 0 Å². The van der Waals surface area contributed by atoms with Crippen LogP contribution >= 0.6 is 0 Å². The highest BCUT2D eigenvalue weighted by Crippen LogP contribution is 2.26. The fraction of sp³-hybridized carbons (Fsp3) is 0.933. The van der Waals surface area contributed by atoms with Gasteiger partial charge in [-0.3, -0.25) is 9.69 Å². The molecule has 0 bridgehead atoms. The summed E-state index contributed by atoms with van der Waals surface area (Å²) in [5.74, 6) is 0.861. The summed E-state index contributed by atoms with van der Waals surface area (Å²) in [6.07, 6.45) is 8.60. The van der Waals surface area contributed by atoms with E-state index in [1.54, 1.807) is 0 Å². The topological polar surface area (TPSA) is 23.6 Å². The first-order chi connectivity index (χ1) is 8.68. The third-order valence-electron chi connectivity index (χ3n) is 4.65. The number of likely N-dealkylation sites (N-methyl/N-ethyl adjacent to an activating group) is 2. The fourth-order valence-electron chi connectivity index (χ4n) is 3.41. The van der Waals surface area contributed by atoms with E-state index in [4.69, 9.17) is 0 Å². The molecule has 2 aliphatic rings. The van der Waals surface area contributed by atoms with Crippen LogP contribution in [-0.4, -0.2) is 55.4 Å². The average molecular weight is 252 g/mol. The number of carbonyl (C=O) groups excluding carboxylic acids is 1. The van der Waals surface area contributed by atoms with E-state index in [-0.39, 0.29) is 6.04 Å². The number of Topliss-reactive ketones (excluding diaryl/α,β-unsaturated/α-hetero) is 1. The summed E-state index contributed by atoms with van der Waals surface area (Å²) in [4.78, 5) is 17.4. The van der Waals surface area contributed by atoms with Crippen LogP contribution in [-0.2, 0) is 4.79 Å². The van der Waals surface area contributed by atoms with E-state index < -0.39 is 0 Å². The minimum absolute atomic E-state index is 0.139. The molecule has 0 aromatic heterocycles. The molecule has 1 aliphatic carbocycles. The smallest absolute Gasteiger partial charge is 0.154 e. The van der Waals surface area contributed by atoms with Crippen molar-refractivity contribution in [1.82, 2.24) is 9.80 Å². The van der Waals surface area contributed by atoms with Crippen LogP contribution in [0.5, 0.6) is 0 Å². The Hall–Kier alpha value is -0.410. The lowest BCUT2D eigenvalue weighted by molar-refractivity contribution is -0.128. The zero-order chi connectivity index (χ0) is 13.0. The third-order valence-corrected chi connectivity index (χ3v) is 4.65. The molecule has 2 fully saturated rings. The number of hydrogen-bond donors (Lipinski definition) is 0. The summed E-state index contributed by atoms with van der Waals surface area (Å²) in [7, 11) is 4.27. The predicted molar refractivity (Wildman–Crippen MR) is 74.7 cm³/mol. The van der Waals surface area contributed by atoms with Crippen molar-refractivity contribution in [2.75, 3.05) is 33.7 Å². The van der Waals surface area contributed by atoms with Crippen LogP contribution in [0, 0.1) is 5.92 Å². The maximum Gasteiger partial charge on any atom is 0.154 e. The second kappa shape index (κ2) is 6.67. The van der Waals surface area contributed by atoms with E-state index in [0.717, 1.165) is 32.5 Å². The summed E-state index contributed by atoms with van der Waals surface area (Å²) in [6, 6.07) is 0.139. The molecule has 1 heterocycles. The zero-order valence-electron chi connectivity index (χ0n) is 12.0. The molecule has 0 aromatic rings. The molecule has 0 amide bonds. The Morgan fingerprint density at radius 1 is 0.944 bits per heavy atom. The largest absolute Gasteiger partial charge is 0.304 e. The second-order valence-corrected chi connectivity index (χ2v) is 6.20. The second-order valence-electron chi connectivity index (χ2n) is 6.20. The number of ketones is 1. The number of hydrogen-bond acceptors (Lipinski definition) is 3. The fourth-order valence-corrected chi connectivity index (χ4v) is 3.41. The first kappa shape index (κ1) is 14.0. The van der Waals surface area contributed by atoms with E-state index in [2.05, 4.69) is 23.9 Å². The molecule has 1 saturated carbocycles. The molecular formula is C15H28N2O. The van der Waals surface area contributed by atoms with E-state index >= 15 is 0 Å². The summed E-state index contributed by atoms with van der Waals surface area (Å²) in [5.41, 5.74) is 0. The molecule has 1 aliphatic heterocycles. The maximum atomic E-state index is 12.7. The summed E-state index contributed by atoms with van der Waals surface area (Å²) in [6.45, 7) is 3.11. The van der Waals surface area contributed by atoms with Gasteiger partial charge in [0.05, 0.1) is 6.04 Å². The third kappa shape index (κ3) is 3.55. The summed E-state index contributed by atoms with van der Waals surface area (Å²) < 4.78 is 0. The van der Waals surface area contributed by atoms with Crippen molar-refractivity contribution in [3.05, 3.63) is 0 Å². The van der Waals surface area contributed by atoms with Gasteiger partial charge in [-0.2, -0.15) is 0 Å². The number of nitrogens with zero attached hydrogens (tertiary/aromatic N) is 2. The molecule has 0 aromatic carbocycles. The highest BCUT2D eigenvalue weighted by atomic mass is 16.1. The van der Waals surface area contributed by atoms with E-state index in [1.165, 1.54) is 32.1 Å². The van der Waals surface area contributed by atoms with Gasteiger partial charge in [0.25, 0.3) is 0 Å². The summed E-state index contributed by atoms with van der Waals surface area (Å²) in [5, 5.41) is 0. The van der Waals surface area contributed by atoms with Crippen LogP contribution in [0.4, 0.5) is 0 Å². The molecule has 3 nitrogen and oxygen atoms in total. The van der Waals surface area contributed by atoms with Crippen molar-refractivity contribution >= 4 is 5.78 Å². The Kier molecular flexibility index (Phi) is 5.19. The minimum atomic E-state index is 0.139. The predicted octanol–water partition coefficient (Wildman–Crippen LogP) is 2.16. The molecule has 0 N–H and O–H groups in total. The molecule has 104 valence electrons. The van der Waals surface area contributed by atoms with E-state index in [9.17, 15) is 4.79 Å². The monoisotopic (exact) mass is 252 g/mol. The van der Waals surface area contributed by atoms with Gasteiger partial charge in [0.2, 0.25) is 0 Å². The molecule has 1 unspecified atom stereocenters. The van der Waals surface area contributed by atoms with Gasteiger partial charge in [-0.25, -0.2) is 0 Å². The van der Waals surface area contributed by atoms with Crippen LogP contribution in [0.1, 0.15) is 44.9 Å². The molecular weight excluding hydrogens is 224 g/mol. The number of carbonyl (C=O) groups is 1. The van der Waals surface area contributed by atoms with Crippen molar-refractivity contribution < 1.29 is 4.79 Å². The van der Waals surface area contributed by atoms with Gasteiger partial charge in [-0.15, -0.1) is 0 Å². The van der Waals surface area contributed by atoms with Crippen molar-refractivity contribution in [3.63, 3.8) is 0 Å². The molecule has 3 heteroatoms. The highest BCUT2D eigenvalue weighted by Gasteiger charge is 2.32. The lowest BCUT2D eigenvalue weighted by Crippen LogP contribution is -2.46. The molecule has 0 spiro atoms. The van der Waals surface area contributed by atoms with Gasteiger partial charge in [-0.05, 0) is 46.4 Å². The zero-order valence-corrected chi connectivity index (χ0v) is 12.0. The van der Waals surface area contributed by atoms with Gasteiger partial charge >= 0.3 is 0 Å². The Morgan fingerprint density at radius 3 is 2.28 bits per heavy atom. The standard InChI is InChI=1S/C15H28N2O/c1-16-10-7-11-17(2)14(12-16)15(18)13-8-5-3-4-6-9-13/h13-14H,3-12H2,1-2H3. The molecule has 18 heavy (non-hydrogen) atoms. The molecule has 1 saturated heterocycles. The van der Waals surface area contributed by atoms with Crippen LogP contribution in [0.15, 0.2) is 0 Å². The molecule has 1 atom stereocenters. The van der Waals surface area contributed by atoms with Gasteiger partial charge < -0.3 is 4.90 Å². The quantitative estimate of drug-likeness (QED) is 0.704. The van der Waals surface area contributed by atoms with Crippen LogP contribution in [0.3, 0.4) is 0 Å². The molecule has 2 rings (SSSR count). The highest BCUT2D eigenvalue weighted by molar-refractivity contribution is 5.86. The SMILES string of the molecule is CN1CCCN(C)C(C(=O)C2CCCCCC2)C1. The van der Waals surface area contributed by atoms with Crippen LogP contribution in [0.2, 0.25) is 0 Å². The lowest BCUT2D eigenvalue weighted by atomic mass is 9.90. The van der Waals surface area contributed by atoms with E-state index in [0.29, 0.717) is 11.7 Å². The Morgan fingerprint density at radius 2 is 1.61 bits per heavy atom. The first-order valence-electron chi connectivity index (χ1n) is 7.61. The lowest BCUT2D eigenvalue weighted by Gasteiger charge is -2.29. The maximum absolute atomic E-state index is 12.7. The number of rotatable bonds is 2. The summed E-state index contributed by atoms with van der Waals surface area (Å²) >= 11 is 0. The Labute approximate surface area is 112 Å². The van der Waals surface area contributed by atoms with E-state index in [1.807, 2.05) is 0 Å². The van der Waals surface area contributed by atoms with Crippen LogP contribution in [0.25, 0.3) is 0 Å². The van der Waals surface area contributed by atoms with Gasteiger partial charge in [0.1, 0.15) is 0 Å². The van der Waals surface area contributed by atoms with Crippen molar-refractivity contribution in [1.29, 1.82) is 0 Å². The van der Waals surface area contributed by atoms with Gasteiger partial charge in [-0.1, -0.05) is 25.7 Å². The van der Waals surface area contributed by atoms with Crippen molar-refractivity contribution in [2.24, 2.45) is 5.92 Å². The van der Waals surface area contributed by atoms with Gasteiger partial charge in [0.15, 0.2) is 5.78 Å². The molecule has 0 radical (unpaired) electrons. The minimum Gasteiger partial charge on any atom is -0.304 e. The first-order valence-corrected chi connectivity index (χ1v) is 7.61. The van der Waals surface area contributed by atoms with Crippen LogP contribution < -0.4 is 0 Å². The van der Waals surface area contributed by atoms with Gasteiger partial charge in [0, 0.05) is 12.5 Å². The Bertz CT molecular complexity index is 272.